The van der Waals surface area contributed by atoms with Gasteiger partial charge in [0.2, 0.25) is 5.91 Å². The number of fused-ring (bicyclic) bond motifs is 2. The van der Waals surface area contributed by atoms with Crippen molar-refractivity contribution in [2.75, 3.05) is 23.3 Å². The maximum Gasteiger partial charge on any atom is 0.228 e. The highest BCUT2D eigenvalue weighted by Crippen LogP contribution is 2.42. The molecule has 2 aliphatic carbocycles. The van der Waals surface area contributed by atoms with Gasteiger partial charge in [0.05, 0.1) is 11.9 Å². The zero-order valence-corrected chi connectivity index (χ0v) is 15.5. The molecule has 2 unspecified atom stereocenters. The number of aromatic nitrogens is 1. The molecule has 1 saturated heterocycles. The quantitative estimate of drug-likeness (QED) is 0.864. The number of anilines is 2. The summed E-state index contributed by atoms with van der Waals surface area (Å²) >= 11 is 0. The van der Waals surface area contributed by atoms with Crippen molar-refractivity contribution in [2.24, 2.45) is 23.5 Å². The Bertz CT molecular complexity index is 574. The Balaban J connectivity index is 0.00000182. The number of rotatable bonds is 3. The molecule has 1 aromatic rings. The van der Waals surface area contributed by atoms with Crippen molar-refractivity contribution in [3.8, 4) is 0 Å². The topological polar surface area (TPSA) is 71.2 Å². The van der Waals surface area contributed by atoms with E-state index in [2.05, 4.69) is 21.3 Å². The minimum Gasteiger partial charge on any atom is -0.370 e. The molecular formula is C19H29ClN4O. The second-order valence-electron chi connectivity index (χ2n) is 7.78. The monoisotopic (exact) mass is 364 g/mol. The summed E-state index contributed by atoms with van der Waals surface area (Å²) in [6, 6.07) is 4.31. The summed E-state index contributed by atoms with van der Waals surface area (Å²) in [5.74, 6) is 1.95. The first-order valence-corrected chi connectivity index (χ1v) is 9.48. The van der Waals surface area contributed by atoms with Gasteiger partial charge in [-0.15, -0.1) is 12.4 Å². The van der Waals surface area contributed by atoms with E-state index in [0.29, 0.717) is 23.7 Å². The van der Waals surface area contributed by atoms with Gasteiger partial charge in [-0.1, -0.05) is 6.42 Å². The Morgan fingerprint density at radius 1 is 1.12 bits per heavy atom. The van der Waals surface area contributed by atoms with E-state index in [1.807, 2.05) is 12.3 Å². The highest BCUT2D eigenvalue weighted by Gasteiger charge is 2.40. The second-order valence-corrected chi connectivity index (χ2v) is 7.78. The van der Waals surface area contributed by atoms with Crippen molar-refractivity contribution in [3.63, 3.8) is 0 Å². The number of nitrogens with two attached hydrogens (primary N) is 1. The normalized spacial score (nSPS) is 31.3. The van der Waals surface area contributed by atoms with Gasteiger partial charge in [0.25, 0.3) is 0 Å². The Kier molecular flexibility index (Phi) is 5.85. The average Bonchev–Trinajstić information content (AvgIpc) is 3.09. The maximum atomic E-state index is 12.6. The number of carbonyl (C=O) groups excluding carboxylic acids is 1. The average molecular weight is 365 g/mol. The molecule has 138 valence electrons. The van der Waals surface area contributed by atoms with Crippen molar-refractivity contribution >= 4 is 29.8 Å². The predicted octanol–water partition coefficient (Wildman–Crippen LogP) is 3.20. The Labute approximate surface area is 156 Å². The van der Waals surface area contributed by atoms with Gasteiger partial charge in [0.1, 0.15) is 5.82 Å². The summed E-state index contributed by atoms with van der Waals surface area (Å²) in [6.45, 7) is 2.22. The fourth-order valence-electron chi connectivity index (χ4n) is 4.85. The van der Waals surface area contributed by atoms with E-state index < -0.39 is 0 Å². The third-order valence-corrected chi connectivity index (χ3v) is 6.25. The van der Waals surface area contributed by atoms with Crippen LogP contribution in [0.2, 0.25) is 0 Å². The van der Waals surface area contributed by atoms with Crippen LogP contribution in [0, 0.1) is 17.8 Å². The standard InChI is InChI=1S/C19H28N4O.ClH/c20-18-13-4-3-5-14(18)11-15(10-13)19(24)22-17-7-6-16(12-21-17)23-8-1-2-9-23;/h6-7,12-15,18H,1-5,8-11,20H2,(H,21,22,24);1H. The summed E-state index contributed by atoms with van der Waals surface area (Å²) < 4.78 is 0. The number of nitrogens with one attached hydrogen (secondary N) is 1. The summed E-state index contributed by atoms with van der Waals surface area (Å²) in [4.78, 5) is 19.4. The van der Waals surface area contributed by atoms with Gasteiger partial charge in [-0.25, -0.2) is 4.98 Å². The number of halogens is 1. The van der Waals surface area contributed by atoms with Crippen LogP contribution in [0.15, 0.2) is 18.3 Å². The van der Waals surface area contributed by atoms with E-state index in [1.165, 1.54) is 32.1 Å². The molecule has 4 rings (SSSR count). The SMILES string of the molecule is Cl.NC1C2CCCC1CC(C(=O)Nc1ccc(N3CCCC3)cn1)C2. The molecular weight excluding hydrogens is 336 g/mol. The van der Waals surface area contributed by atoms with Crippen LogP contribution in [0.5, 0.6) is 0 Å². The van der Waals surface area contributed by atoms with Crippen molar-refractivity contribution in [1.29, 1.82) is 0 Å². The van der Waals surface area contributed by atoms with Gasteiger partial charge in [0.15, 0.2) is 0 Å². The zero-order chi connectivity index (χ0) is 16.5. The molecule has 1 aromatic heterocycles. The molecule has 3 aliphatic rings. The van der Waals surface area contributed by atoms with E-state index in [9.17, 15) is 4.79 Å². The minimum atomic E-state index is 0. The van der Waals surface area contributed by atoms with Crippen LogP contribution in [0.1, 0.15) is 44.9 Å². The second kappa shape index (κ2) is 7.92. The molecule has 25 heavy (non-hydrogen) atoms. The Hall–Kier alpha value is -1.33. The zero-order valence-electron chi connectivity index (χ0n) is 14.7. The molecule has 1 aliphatic heterocycles. The predicted molar refractivity (Wildman–Crippen MR) is 103 cm³/mol. The van der Waals surface area contributed by atoms with E-state index in [1.54, 1.807) is 0 Å². The van der Waals surface area contributed by atoms with Crippen molar-refractivity contribution in [1.82, 2.24) is 4.98 Å². The highest BCUT2D eigenvalue weighted by atomic mass is 35.5. The van der Waals surface area contributed by atoms with Crippen molar-refractivity contribution in [2.45, 2.75) is 51.0 Å². The van der Waals surface area contributed by atoms with Crippen LogP contribution in [-0.4, -0.2) is 30.0 Å². The van der Waals surface area contributed by atoms with Crippen LogP contribution >= 0.6 is 12.4 Å². The van der Waals surface area contributed by atoms with Gasteiger partial charge in [-0.3, -0.25) is 4.79 Å². The number of nitrogens with zero attached hydrogens (tertiary/aromatic N) is 2. The van der Waals surface area contributed by atoms with E-state index in [4.69, 9.17) is 5.73 Å². The lowest BCUT2D eigenvalue weighted by molar-refractivity contribution is -0.122. The van der Waals surface area contributed by atoms with Crippen LogP contribution in [0.4, 0.5) is 11.5 Å². The van der Waals surface area contributed by atoms with Crippen LogP contribution in [0.3, 0.4) is 0 Å². The van der Waals surface area contributed by atoms with E-state index >= 15 is 0 Å². The number of amides is 1. The molecule has 2 saturated carbocycles. The number of hydrogen-bond donors (Lipinski definition) is 2. The maximum absolute atomic E-state index is 12.6. The molecule has 3 N–H and O–H groups in total. The minimum absolute atomic E-state index is 0. The molecule has 1 amide bonds. The lowest BCUT2D eigenvalue weighted by atomic mass is 9.65. The fourth-order valence-corrected chi connectivity index (χ4v) is 4.85. The third kappa shape index (κ3) is 3.93. The molecule has 2 bridgehead atoms. The summed E-state index contributed by atoms with van der Waals surface area (Å²) in [6.07, 6.45) is 9.91. The third-order valence-electron chi connectivity index (χ3n) is 6.25. The van der Waals surface area contributed by atoms with Gasteiger partial charge in [-0.2, -0.15) is 0 Å². The van der Waals surface area contributed by atoms with Gasteiger partial charge >= 0.3 is 0 Å². The lowest BCUT2D eigenvalue weighted by Gasteiger charge is -2.43. The van der Waals surface area contributed by atoms with Gasteiger partial charge < -0.3 is 16.0 Å². The summed E-state index contributed by atoms with van der Waals surface area (Å²) in [5.41, 5.74) is 7.48. The number of carbonyl (C=O) groups is 1. The number of pyridine rings is 1. The first-order chi connectivity index (χ1) is 11.7. The van der Waals surface area contributed by atoms with Crippen molar-refractivity contribution in [3.05, 3.63) is 18.3 Å². The highest BCUT2D eigenvalue weighted by molar-refractivity contribution is 5.91. The van der Waals surface area contributed by atoms with Crippen LogP contribution in [-0.2, 0) is 4.79 Å². The largest absolute Gasteiger partial charge is 0.370 e. The summed E-state index contributed by atoms with van der Waals surface area (Å²) in [5, 5.41) is 3.02. The molecule has 0 spiro atoms. The van der Waals surface area contributed by atoms with Crippen molar-refractivity contribution < 1.29 is 4.79 Å². The van der Waals surface area contributed by atoms with E-state index in [-0.39, 0.29) is 24.2 Å². The molecule has 0 aromatic carbocycles. The van der Waals surface area contributed by atoms with Crippen LogP contribution in [0.25, 0.3) is 0 Å². The fraction of sp³-hybridized carbons (Fsp3) is 0.684. The molecule has 6 heteroatoms. The molecule has 3 fully saturated rings. The Morgan fingerprint density at radius 2 is 1.80 bits per heavy atom. The summed E-state index contributed by atoms with van der Waals surface area (Å²) in [7, 11) is 0. The molecule has 2 heterocycles. The molecule has 5 nitrogen and oxygen atoms in total. The van der Waals surface area contributed by atoms with Gasteiger partial charge in [-0.05, 0) is 62.5 Å². The number of hydrogen-bond acceptors (Lipinski definition) is 4. The van der Waals surface area contributed by atoms with Crippen LogP contribution < -0.4 is 16.0 Å². The first-order valence-electron chi connectivity index (χ1n) is 9.48. The smallest absolute Gasteiger partial charge is 0.228 e. The molecule has 0 radical (unpaired) electrons. The van der Waals surface area contributed by atoms with Gasteiger partial charge in [0, 0.05) is 25.0 Å². The first kappa shape index (κ1) is 18.5. The Morgan fingerprint density at radius 3 is 2.40 bits per heavy atom. The van der Waals surface area contributed by atoms with E-state index in [0.717, 1.165) is 31.6 Å². The lowest BCUT2D eigenvalue weighted by Crippen LogP contribution is -2.48. The molecule has 2 atom stereocenters.